The fourth-order valence-corrected chi connectivity index (χ4v) is 4.38. The molecule has 0 aliphatic rings. The summed E-state index contributed by atoms with van der Waals surface area (Å²) in [5, 5.41) is 3.73. The molecular formula is C25H21FN2O4S. The van der Waals surface area contributed by atoms with E-state index in [4.69, 9.17) is 9.15 Å². The first-order chi connectivity index (χ1) is 16.0. The Hall–Kier alpha value is -3.78. The largest absolute Gasteiger partial charge is 0.490 e. The van der Waals surface area contributed by atoms with E-state index in [9.17, 15) is 14.0 Å². The van der Waals surface area contributed by atoms with Gasteiger partial charge >= 0.3 is 0 Å². The number of fused-ring (bicyclic) bond motifs is 1. The molecule has 168 valence electrons. The maximum absolute atomic E-state index is 13.7. The fourth-order valence-electron chi connectivity index (χ4n) is 3.46. The quantitative estimate of drug-likeness (QED) is 0.145. The van der Waals surface area contributed by atoms with Gasteiger partial charge in [-0.05, 0) is 49.7 Å². The summed E-state index contributed by atoms with van der Waals surface area (Å²) in [6, 6.07) is 16.0. The van der Waals surface area contributed by atoms with E-state index in [2.05, 4.69) is 10.3 Å². The van der Waals surface area contributed by atoms with Crippen LogP contribution in [-0.4, -0.2) is 23.7 Å². The molecule has 0 radical (unpaired) electrons. The van der Waals surface area contributed by atoms with E-state index in [0.717, 1.165) is 0 Å². The third-order valence-corrected chi connectivity index (χ3v) is 5.87. The predicted octanol–water partition coefficient (Wildman–Crippen LogP) is 5.86. The van der Waals surface area contributed by atoms with Crippen molar-refractivity contribution in [2.24, 2.45) is 0 Å². The van der Waals surface area contributed by atoms with Crippen LogP contribution in [0.15, 0.2) is 76.4 Å². The van der Waals surface area contributed by atoms with Gasteiger partial charge in [-0.1, -0.05) is 41.7 Å². The second-order valence-corrected chi connectivity index (χ2v) is 8.22. The Morgan fingerprint density at radius 3 is 2.67 bits per heavy atom. The maximum atomic E-state index is 13.7. The van der Waals surface area contributed by atoms with Crippen LogP contribution < -0.4 is 5.32 Å². The summed E-state index contributed by atoms with van der Waals surface area (Å²) in [6.45, 7) is 3.66. The molecule has 0 saturated heterocycles. The number of aromatic nitrogens is 1. The number of aldehydes is 1. The molecule has 1 atom stereocenters. The number of aryl methyl sites for hydroxylation is 1. The van der Waals surface area contributed by atoms with Gasteiger partial charge in [-0.25, -0.2) is 9.37 Å². The van der Waals surface area contributed by atoms with E-state index >= 15 is 0 Å². The van der Waals surface area contributed by atoms with Gasteiger partial charge in [-0.15, -0.1) is 0 Å². The topological polar surface area (TPSA) is 81.4 Å². The molecule has 8 heteroatoms. The number of ketones is 1. The van der Waals surface area contributed by atoms with Crippen LogP contribution in [0.4, 0.5) is 9.52 Å². The molecule has 1 unspecified atom stereocenters. The number of allylic oxidation sites excluding steroid dienone is 1. The highest BCUT2D eigenvalue weighted by molar-refractivity contribution is 7.22. The molecule has 2 aromatic heterocycles. The van der Waals surface area contributed by atoms with Crippen LogP contribution in [0.2, 0.25) is 0 Å². The zero-order valence-corrected chi connectivity index (χ0v) is 18.8. The Kier molecular flexibility index (Phi) is 6.65. The van der Waals surface area contributed by atoms with Crippen LogP contribution in [-0.2, 0) is 9.53 Å². The number of furan rings is 1. The summed E-state index contributed by atoms with van der Waals surface area (Å²) >= 11 is 1.25. The lowest BCUT2D eigenvalue weighted by Gasteiger charge is -2.22. The number of benzene rings is 2. The van der Waals surface area contributed by atoms with Gasteiger partial charge in [-0.2, -0.15) is 0 Å². The SMILES string of the molecule is CCO/C(C=O)=C(\C(=O)c1ccc(C)o1)C(Nc1nc2ccc(F)cc2s1)c1ccccc1. The standard InChI is InChI=1S/C25H21FN2O4S/c1-3-31-20(14-29)22(24(30)19-12-9-15(2)32-19)23(16-7-5-4-6-8-16)28-25-27-18-11-10-17(26)13-21(18)33-25/h4-14,23H,3H2,1-2H3,(H,27,28)/b22-20-. The molecule has 0 spiro atoms. The molecule has 6 nitrogen and oxygen atoms in total. The summed E-state index contributed by atoms with van der Waals surface area (Å²) in [5.41, 5.74) is 1.43. The number of anilines is 1. The number of ether oxygens (including phenoxy) is 1. The van der Waals surface area contributed by atoms with E-state index in [1.165, 1.54) is 23.5 Å². The van der Waals surface area contributed by atoms with E-state index < -0.39 is 11.8 Å². The van der Waals surface area contributed by atoms with Crippen LogP contribution in [0.25, 0.3) is 10.2 Å². The third kappa shape index (κ3) is 4.85. The van der Waals surface area contributed by atoms with Gasteiger partial charge < -0.3 is 14.5 Å². The molecule has 2 heterocycles. The average molecular weight is 465 g/mol. The number of Topliss-reactive ketones (excluding diaryl/α,β-unsaturated/α-hetero) is 1. The van der Waals surface area contributed by atoms with Gasteiger partial charge in [0.2, 0.25) is 5.78 Å². The molecule has 1 N–H and O–H groups in total. The number of nitrogens with one attached hydrogen (secondary N) is 1. The van der Waals surface area contributed by atoms with Crippen molar-refractivity contribution < 1.29 is 23.1 Å². The Balaban J connectivity index is 1.86. The van der Waals surface area contributed by atoms with Crippen molar-refractivity contribution in [2.45, 2.75) is 19.9 Å². The van der Waals surface area contributed by atoms with Crippen LogP contribution >= 0.6 is 11.3 Å². The minimum atomic E-state index is -0.777. The predicted molar refractivity (Wildman–Crippen MR) is 125 cm³/mol. The monoisotopic (exact) mass is 464 g/mol. The molecule has 0 fully saturated rings. The number of hydrogen-bond donors (Lipinski definition) is 1. The molecule has 33 heavy (non-hydrogen) atoms. The fraction of sp³-hybridized carbons (Fsp3) is 0.160. The van der Waals surface area contributed by atoms with Gasteiger partial charge in [0.15, 0.2) is 22.9 Å². The number of nitrogens with zero attached hydrogens (tertiary/aromatic N) is 1. The van der Waals surface area contributed by atoms with Crippen molar-refractivity contribution in [3.05, 3.63) is 94.9 Å². The van der Waals surface area contributed by atoms with Crippen LogP contribution in [0.3, 0.4) is 0 Å². The van der Waals surface area contributed by atoms with E-state index in [1.807, 2.05) is 30.3 Å². The van der Waals surface area contributed by atoms with Gasteiger partial charge in [0.25, 0.3) is 0 Å². The zero-order chi connectivity index (χ0) is 23.4. The van der Waals surface area contributed by atoms with E-state index in [-0.39, 0.29) is 29.5 Å². The lowest BCUT2D eigenvalue weighted by Crippen LogP contribution is -2.22. The molecule has 0 bridgehead atoms. The molecule has 2 aromatic carbocycles. The number of carbonyl (C=O) groups is 2. The Bertz CT molecular complexity index is 1330. The lowest BCUT2D eigenvalue weighted by molar-refractivity contribution is -0.107. The first-order valence-electron chi connectivity index (χ1n) is 10.3. The smallest absolute Gasteiger partial charge is 0.230 e. The molecular weight excluding hydrogens is 443 g/mol. The first-order valence-corrected chi connectivity index (χ1v) is 11.1. The van der Waals surface area contributed by atoms with Crippen LogP contribution in [0.1, 0.15) is 34.8 Å². The Morgan fingerprint density at radius 2 is 2.00 bits per heavy atom. The summed E-state index contributed by atoms with van der Waals surface area (Å²) in [5.74, 6) is -0.270. The molecule has 0 aliphatic heterocycles. The summed E-state index contributed by atoms with van der Waals surface area (Å²) in [7, 11) is 0. The van der Waals surface area contributed by atoms with Crippen molar-refractivity contribution in [3.63, 3.8) is 0 Å². The van der Waals surface area contributed by atoms with Gasteiger partial charge in [0, 0.05) is 0 Å². The zero-order valence-electron chi connectivity index (χ0n) is 18.0. The highest BCUT2D eigenvalue weighted by Crippen LogP contribution is 2.35. The van der Waals surface area contributed by atoms with Crippen LogP contribution in [0, 0.1) is 12.7 Å². The average Bonchev–Trinajstić information content (AvgIpc) is 3.43. The molecule has 0 amide bonds. The van der Waals surface area contributed by atoms with Crippen molar-refractivity contribution in [1.29, 1.82) is 0 Å². The summed E-state index contributed by atoms with van der Waals surface area (Å²) in [4.78, 5) is 30.1. The normalized spacial score (nSPS) is 12.8. The molecule has 0 saturated carbocycles. The summed E-state index contributed by atoms with van der Waals surface area (Å²) in [6.07, 6.45) is 0.526. The van der Waals surface area contributed by atoms with Crippen molar-refractivity contribution >= 4 is 38.8 Å². The molecule has 4 aromatic rings. The Labute approximate surface area is 193 Å². The van der Waals surface area contributed by atoms with Crippen molar-refractivity contribution in [2.75, 3.05) is 11.9 Å². The number of hydrogen-bond acceptors (Lipinski definition) is 7. The van der Waals surface area contributed by atoms with E-state index in [1.54, 1.807) is 32.0 Å². The van der Waals surface area contributed by atoms with Crippen molar-refractivity contribution in [3.8, 4) is 0 Å². The maximum Gasteiger partial charge on any atom is 0.230 e. The minimum absolute atomic E-state index is 0.0925. The highest BCUT2D eigenvalue weighted by atomic mass is 32.1. The minimum Gasteiger partial charge on any atom is -0.490 e. The van der Waals surface area contributed by atoms with Gasteiger partial charge in [0.1, 0.15) is 11.6 Å². The van der Waals surface area contributed by atoms with E-state index in [0.29, 0.717) is 33.0 Å². The second kappa shape index (κ2) is 9.79. The van der Waals surface area contributed by atoms with Crippen LogP contribution in [0.5, 0.6) is 0 Å². The number of thiazole rings is 1. The number of carbonyl (C=O) groups excluding carboxylic acids is 2. The summed E-state index contributed by atoms with van der Waals surface area (Å²) < 4.78 is 25.4. The second-order valence-electron chi connectivity index (χ2n) is 7.19. The first kappa shape index (κ1) is 22.4. The molecule has 4 rings (SSSR count). The number of rotatable bonds is 9. The van der Waals surface area contributed by atoms with Crippen molar-refractivity contribution in [1.82, 2.24) is 4.98 Å². The van der Waals surface area contributed by atoms with Gasteiger partial charge in [0.05, 0.1) is 28.4 Å². The Morgan fingerprint density at radius 1 is 1.21 bits per heavy atom. The highest BCUT2D eigenvalue weighted by Gasteiger charge is 2.31. The lowest BCUT2D eigenvalue weighted by atomic mass is 9.93. The molecule has 0 aliphatic carbocycles. The number of halogens is 1. The third-order valence-electron chi connectivity index (χ3n) is 4.92. The van der Waals surface area contributed by atoms with Gasteiger partial charge in [-0.3, -0.25) is 9.59 Å².